The Balaban J connectivity index is 1.62. The minimum Gasteiger partial charge on any atom is -0.351 e. The van der Waals surface area contributed by atoms with Crippen LogP contribution in [0.2, 0.25) is 0 Å². The van der Waals surface area contributed by atoms with Crippen LogP contribution < -0.4 is 10.6 Å². The van der Waals surface area contributed by atoms with Gasteiger partial charge in [0.2, 0.25) is 16.0 Å². The minimum absolute atomic E-state index is 0.146. The number of piperidine rings is 1. The van der Waals surface area contributed by atoms with Gasteiger partial charge in [-0.3, -0.25) is 0 Å². The van der Waals surface area contributed by atoms with Gasteiger partial charge < -0.3 is 15.5 Å². The summed E-state index contributed by atoms with van der Waals surface area (Å²) in [7, 11) is -1.48. The first-order valence-electron chi connectivity index (χ1n) is 11.8. The number of nitrogens with one attached hydrogen (secondary N) is 2. The fourth-order valence-electron chi connectivity index (χ4n) is 4.33. The number of aromatic nitrogens is 2. The minimum atomic E-state index is -3.49. The van der Waals surface area contributed by atoms with Crippen LogP contribution in [0.1, 0.15) is 39.2 Å². The van der Waals surface area contributed by atoms with Crippen LogP contribution in [0.4, 0.5) is 5.95 Å². The summed E-state index contributed by atoms with van der Waals surface area (Å²) in [6, 6.07) is 7.51. The Labute approximate surface area is 197 Å². The largest absolute Gasteiger partial charge is 0.351 e. The van der Waals surface area contributed by atoms with E-state index in [0.717, 1.165) is 55.8 Å². The van der Waals surface area contributed by atoms with Crippen LogP contribution in [0.5, 0.6) is 0 Å². The van der Waals surface area contributed by atoms with Crippen molar-refractivity contribution in [3.63, 3.8) is 0 Å². The molecule has 2 N–H and O–H groups in total. The maximum Gasteiger partial charge on any atom is 0.243 e. The zero-order chi connectivity index (χ0) is 23.6. The van der Waals surface area contributed by atoms with E-state index in [0.29, 0.717) is 30.0 Å². The average molecular weight is 473 g/mol. The maximum atomic E-state index is 13.1. The molecule has 9 heteroatoms. The molecule has 180 valence electrons. The smallest absolute Gasteiger partial charge is 0.243 e. The molecule has 0 bridgehead atoms. The lowest BCUT2D eigenvalue weighted by Crippen LogP contribution is -2.46. The number of piperazine rings is 1. The van der Waals surface area contributed by atoms with Gasteiger partial charge in [0.15, 0.2) is 0 Å². The summed E-state index contributed by atoms with van der Waals surface area (Å²) in [6.45, 7) is 10.9. The summed E-state index contributed by atoms with van der Waals surface area (Å²) < 4.78 is 27.8. The number of hydrogen-bond acceptors (Lipinski definition) is 7. The third-order valence-electron chi connectivity index (χ3n) is 6.50. The molecule has 0 aliphatic carbocycles. The lowest BCUT2D eigenvalue weighted by atomic mass is 9.85. The Kier molecular flexibility index (Phi) is 7.04. The van der Waals surface area contributed by atoms with E-state index < -0.39 is 10.0 Å². The monoisotopic (exact) mass is 472 g/mol. The van der Waals surface area contributed by atoms with Crippen molar-refractivity contribution in [2.75, 3.05) is 51.6 Å². The van der Waals surface area contributed by atoms with Gasteiger partial charge in [-0.1, -0.05) is 32.9 Å². The molecule has 3 heterocycles. The number of likely N-dealkylation sites (N-methyl/N-ethyl adjacent to an activating group) is 1. The molecule has 0 amide bonds. The lowest BCUT2D eigenvalue weighted by Gasteiger charge is -2.31. The van der Waals surface area contributed by atoms with Crippen LogP contribution in [0.15, 0.2) is 35.4 Å². The van der Waals surface area contributed by atoms with Crippen molar-refractivity contribution in [1.82, 2.24) is 24.5 Å². The third-order valence-corrected chi connectivity index (χ3v) is 8.41. The van der Waals surface area contributed by atoms with Gasteiger partial charge in [0, 0.05) is 49.5 Å². The van der Waals surface area contributed by atoms with Crippen molar-refractivity contribution in [3.05, 3.63) is 36.0 Å². The average Bonchev–Trinajstić information content (AvgIpc) is 2.79. The molecule has 2 fully saturated rings. The molecule has 0 spiro atoms. The van der Waals surface area contributed by atoms with Gasteiger partial charge in [-0.2, -0.15) is 4.31 Å². The second-order valence-electron chi connectivity index (χ2n) is 10.1. The Morgan fingerprint density at radius 3 is 2.27 bits per heavy atom. The number of rotatable bonds is 5. The van der Waals surface area contributed by atoms with Crippen molar-refractivity contribution in [3.8, 4) is 11.3 Å². The van der Waals surface area contributed by atoms with E-state index in [9.17, 15) is 8.42 Å². The molecule has 0 atom stereocenters. The molecule has 8 nitrogen and oxygen atoms in total. The summed E-state index contributed by atoms with van der Waals surface area (Å²) in [5.41, 5.74) is 2.63. The fraction of sp³-hybridized carbons (Fsp3) is 0.583. The van der Waals surface area contributed by atoms with E-state index in [1.807, 2.05) is 25.4 Å². The maximum absolute atomic E-state index is 13.1. The summed E-state index contributed by atoms with van der Waals surface area (Å²) in [5, 5.41) is 6.86. The zero-order valence-electron chi connectivity index (χ0n) is 20.1. The van der Waals surface area contributed by atoms with E-state index in [2.05, 4.69) is 41.3 Å². The summed E-state index contributed by atoms with van der Waals surface area (Å²) in [6.07, 6.45) is 3.98. The van der Waals surface area contributed by atoms with Crippen molar-refractivity contribution >= 4 is 16.0 Å². The molecule has 2 saturated heterocycles. The molecule has 2 aliphatic rings. The van der Waals surface area contributed by atoms with E-state index in [-0.39, 0.29) is 5.41 Å². The zero-order valence-corrected chi connectivity index (χ0v) is 21.0. The van der Waals surface area contributed by atoms with Crippen LogP contribution in [0.3, 0.4) is 0 Å². The molecule has 2 aliphatic heterocycles. The van der Waals surface area contributed by atoms with Crippen LogP contribution in [-0.4, -0.2) is 79.9 Å². The van der Waals surface area contributed by atoms with Gasteiger partial charge in [-0.25, -0.2) is 18.4 Å². The molecular weight excluding hydrogens is 436 g/mol. The molecule has 4 rings (SSSR count). The number of benzene rings is 1. The second kappa shape index (κ2) is 9.66. The predicted octanol–water partition coefficient (Wildman–Crippen LogP) is 2.54. The van der Waals surface area contributed by atoms with Crippen LogP contribution in [0, 0.1) is 0 Å². The summed E-state index contributed by atoms with van der Waals surface area (Å²) >= 11 is 0. The molecule has 33 heavy (non-hydrogen) atoms. The standard InChI is InChI=1S/C24H36N6O2S/c1-24(2,3)21-17-26-23(27-19-9-11-25-12-10-19)28-22(21)18-5-7-20(8-6-18)33(31,32)30-15-13-29(4)14-16-30/h5-8,17,19,25H,9-16H2,1-4H3,(H,26,27,28). The van der Waals surface area contributed by atoms with Gasteiger partial charge in [0.05, 0.1) is 10.6 Å². The van der Waals surface area contributed by atoms with Crippen molar-refractivity contribution in [1.29, 1.82) is 0 Å². The molecule has 0 radical (unpaired) electrons. The van der Waals surface area contributed by atoms with Gasteiger partial charge in [-0.05, 0) is 50.5 Å². The first kappa shape index (κ1) is 24.1. The van der Waals surface area contributed by atoms with Crippen molar-refractivity contribution in [2.45, 2.75) is 50.0 Å². The molecule has 2 aromatic rings. The van der Waals surface area contributed by atoms with Crippen LogP contribution in [0.25, 0.3) is 11.3 Å². The number of nitrogens with zero attached hydrogens (tertiary/aromatic N) is 4. The molecular formula is C24H36N6O2S. The topological polar surface area (TPSA) is 90.5 Å². The number of hydrogen-bond donors (Lipinski definition) is 2. The highest BCUT2D eigenvalue weighted by atomic mass is 32.2. The Hall–Kier alpha value is -2.07. The van der Waals surface area contributed by atoms with Crippen molar-refractivity contribution < 1.29 is 8.42 Å². The Morgan fingerprint density at radius 2 is 1.67 bits per heavy atom. The van der Waals surface area contributed by atoms with Gasteiger partial charge >= 0.3 is 0 Å². The molecule has 0 saturated carbocycles. The Bertz CT molecular complexity index is 1050. The second-order valence-corrected chi connectivity index (χ2v) is 12.0. The SMILES string of the molecule is CN1CCN(S(=O)(=O)c2ccc(-c3nc(NC4CCNCC4)ncc3C(C)(C)C)cc2)CC1. The van der Waals surface area contributed by atoms with E-state index >= 15 is 0 Å². The normalized spacial score (nSPS) is 19.5. The lowest BCUT2D eigenvalue weighted by molar-refractivity contribution is 0.222. The van der Waals surface area contributed by atoms with Gasteiger partial charge in [0.25, 0.3) is 0 Å². The first-order valence-corrected chi connectivity index (χ1v) is 13.2. The number of sulfonamides is 1. The fourth-order valence-corrected chi connectivity index (χ4v) is 5.75. The first-order chi connectivity index (χ1) is 15.6. The third kappa shape index (κ3) is 5.54. The van der Waals surface area contributed by atoms with Gasteiger partial charge in [-0.15, -0.1) is 0 Å². The highest BCUT2D eigenvalue weighted by Gasteiger charge is 2.28. The van der Waals surface area contributed by atoms with E-state index in [1.165, 1.54) is 0 Å². The van der Waals surface area contributed by atoms with Crippen LogP contribution >= 0.6 is 0 Å². The summed E-state index contributed by atoms with van der Waals surface area (Å²) in [4.78, 5) is 12.0. The molecule has 0 unspecified atom stereocenters. The Morgan fingerprint density at radius 1 is 1.03 bits per heavy atom. The van der Waals surface area contributed by atoms with Gasteiger partial charge in [0.1, 0.15) is 0 Å². The van der Waals surface area contributed by atoms with E-state index in [1.54, 1.807) is 16.4 Å². The quantitative estimate of drug-likeness (QED) is 0.691. The molecule has 1 aromatic carbocycles. The highest BCUT2D eigenvalue weighted by molar-refractivity contribution is 7.89. The number of anilines is 1. The predicted molar refractivity (Wildman–Crippen MR) is 132 cm³/mol. The molecule has 1 aromatic heterocycles. The highest BCUT2D eigenvalue weighted by Crippen LogP contribution is 2.33. The van der Waals surface area contributed by atoms with E-state index in [4.69, 9.17) is 4.98 Å². The summed E-state index contributed by atoms with van der Waals surface area (Å²) in [5.74, 6) is 0.624. The van der Waals surface area contributed by atoms with Crippen molar-refractivity contribution in [2.24, 2.45) is 0 Å². The van der Waals surface area contributed by atoms with Crippen LogP contribution in [-0.2, 0) is 15.4 Å².